The van der Waals surface area contributed by atoms with Crippen LogP contribution in [0, 0.1) is 0 Å². The molecule has 1 aliphatic rings. The van der Waals surface area contributed by atoms with Crippen LogP contribution in [0.2, 0.25) is 0 Å². The molecule has 0 saturated heterocycles. The molecule has 0 bridgehead atoms. The number of imidazole rings is 1. The van der Waals surface area contributed by atoms with Gasteiger partial charge in [-0.2, -0.15) is 0 Å². The third-order valence-corrected chi connectivity index (χ3v) is 3.82. The van der Waals surface area contributed by atoms with Gasteiger partial charge in [0, 0.05) is 12.1 Å². The highest BCUT2D eigenvalue weighted by Crippen LogP contribution is 2.33. The Kier molecular flexibility index (Phi) is 2.85. The van der Waals surface area contributed by atoms with Gasteiger partial charge in [-0.15, -0.1) is 0 Å². The van der Waals surface area contributed by atoms with Gasteiger partial charge >= 0.3 is 0 Å². The highest BCUT2D eigenvalue weighted by atomic mass is 15.0. The molecule has 0 unspecified atom stereocenters. The van der Waals surface area contributed by atoms with E-state index in [0.717, 1.165) is 6.42 Å². The topological polar surface area (TPSA) is 43.3 Å². The van der Waals surface area contributed by atoms with E-state index in [0.29, 0.717) is 12.5 Å². The molecule has 0 atom stereocenters. The Hall–Kier alpha value is -1.35. The first-order valence-corrected chi connectivity index (χ1v) is 6.55. The fourth-order valence-electron chi connectivity index (χ4n) is 2.95. The van der Waals surface area contributed by atoms with Crippen molar-refractivity contribution >= 4 is 5.52 Å². The van der Waals surface area contributed by atoms with Crippen LogP contribution in [0.15, 0.2) is 24.5 Å². The summed E-state index contributed by atoms with van der Waals surface area (Å²) in [6.45, 7) is 0.698. The van der Waals surface area contributed by atoms with Gasteiger partial charge in [0.25, 0.3) is 0 Å². The standard InChI is InChI=1S/C14H19N3/c15-8-7-11-6-3-9-17-13(11)10-16-14(17)12-4-1-2-5-12/h3,6,9-10,12H,1-2,4-5,7-8,15H2. The predicted octanol–water partition coefficient (Wildman–Crippen LogP) is 2.49. The van der Waals surface area contributed by atoms with Crippen molar-refractivity contribution in [3.63, 3.8) is 0 Å². The van der Waals surface area contributed by atoms with Crippen molar-refractivity contribution in [2.75, 3.05) is 6.54 Å². The number of hydrogen-bond donors (Lipinski definition) is 1. The summed E-state index contributed by atoms with van der Waals surface area (Å²) in [4.78, 5) is 4.64. The molecule has 0 aromatic carbocycles. The summed E-state index contributed by atoms with van der Waals surface area (Å²) in [5.74, 6) is 1.90. The molecule has 1 fully saturated rings. The first kappa shape index (κ1) is 10.8. The largest absolute Gasteiger partial charge is 0.330 e. The third kappa shape index (κ3) is 1.84. The van der Waals surface area contributed by atoms with Crippen LogP contribution in [-0.2, 0) is 6.42 Å². The fraction of sp³-hybridized carbons (Fsp3) is 0.500. The van der Waals surface area contributed by atoms with Crippen LogP contribution in [-0.4, -0.2) is 15.9 Å². The molecule has 2 heterocycles. The Labute approximate surface area is 102 Å². The second kappa shape index (κ2) is 4.49. The average Bonchev–Trinajstić information content (AvgIpc) is 2.97. The monoisotopic (exact) mass is 229 g/mol. The zero-order chi connectivity index (χ0) is 11.7. The van der Waals surface area contributed by atoms with E-state index in [4.69, 9.17) is 5.73 Å². The summed E-state index contributed by atoms with van der Waals surface area (Å²) >= 11 is 0. The molecule has 3 nitrogen and oxygen atoms in total. The Morgan fingerprint density at radius 3 is 2.94 bits per heavy atom. The van der Waals surface area contributed by atoms with Crippen LogP contribution >= 0.6 is 0 Å². The van der Waals surface area contributed by atoms with Gasteiger partial charge in [-0.25, -0.2) is 4.98 Å². The zero-order valence-corrected chi connectivity index (χ0v) is 10.1. The van der Waals surface area contributed by atoms with E-state index in [1.165, 1.54) is 42.6 Å². The Balaban J connectivity index is 2.06. The van der Waals surface area contributed by atoms with Gasteiger partial charge in [0.2, 0.25) is 0 Å². The summed E-state index contributed by atoms with van der Waals surface area (Å²) in [6, 6.07) is 4.26. The normalized spacial score (nSPS) is 17.0. The minimum atomic E-state index is 0.658. The van der Waals surface area contributed by atoms with Gasteiger partial charge in [-0.05, 0) is 37.4 Å². The van der Waals surface area contributed by atoms with E-state index in [9.17, 15) is 0 Å². The second-order valence-electron chi connectivity index (χ2n) is 4.93. The molecule has 0 spiro atoms. The zero-order valence-electron chi connectivity index (χ0n) is 10.1. The summed E-state index contributed by atoms with van der Waals surface area (Å²) in [5, 5.41) is 0. The van der Waals surface area contributed by atoms with Gasteiger partial charge in [-0.1, -0.05) is 18.9 Å². The Bertz CT molecular complexity index is 509. The molecule has 0 radical (unpaired) electrons. The molecular formula is C14H19N3. The van der Waals surface area contributed by atoms with E-state index in [1.807, 2.05) is 6.20 Å². The number of rotatable bonds is 3. The fourth-order valence-corrected chi connectivity index (χ4v) is 2.95. The predicted molar refractivity (Wildman–Crippen MR) is 69.2 cm³/mol. The number of pyridine rings is 1. The van der Waals surface area contributed by atoms with Crippen LogP contribution < -0.4 is 5.73 Å². The first-order chi connectivity index (χ1) is 8.40. The highest BCUT2D eigenvalue weighted by Gasteiger charge is 2.21. The molecule has 1 aliphatic carbocycles. The van der Waals surface area contributed by atoms with E-state index in [2.05, 4.69) is 27.7 Å². The summed E-state index contributed by atoms with van der Waals surface area (Å²) in [5.41, 5.74) is 8.20. The first-order valence-electron chi connectivity index (χ1n) is 6.55. The lowest BCUT2D eigenvalue weighted by Gasteiger charge is -2.09. The lowest BCUT2D eigenvalue weighted by Crippen LogP contribution is -2.05. The van der Waals surface area contributed by atoms with Crippen molar-refractivity contribution < 1.29 is 0 Å². The van der Waals surface area contributed by atoms with Crippen LogP contribution in [0.25, 0.3) is 5.52 Å². The van der Waals surface area contributed by atoms with Gasteiger partial charge < -0.3 is 10.1 Å². The highest BCUT2D eigenvalue weighted by molar-refractivity contribution is 5.54. The Morgan fingerprint density at radius 1 is 1.35 bits per heavy atom. The maximum atomic E-state index is 5.65. The maximum absolute atomic E-state index is 5.65. The summed E-state index contributed by atoms with van der Waals surface area (Å²) in [6.07, 6.45) is 10.4. The van der Waals surface area contributed by atoms with E-state index in [-0.39, 0.29) is 0 Å². The lowest BCUT2D eigenvalue weighted by molar-refractivity contribution is 0.664. The molecule has 2 aromatic heterocycles. The van der Waals surface area contributed by atoms with Crippen molar-refractivity contribution in [2.24, 2.45) is 5.73 Å². The molecular weight excluding hydrogens is 210 g/mol. The number of hydrogen-bond acceptors (Lipinski definition) is 2. The van der Waals surface area contributed by atoms with Crippen LogP contribution in [0.3, 0.4) is 0 Å². The van der Waals surface area contributed by atoms with Crippen molar-refractivity contribution in [3.8, 4) is 0 Å². The lowest BCUT2D eigenvalue weighted by atomic mass is 10.1. The minimum Gasteiger partial charge on any atom is -0.330 e. The molecule has 90 valence electrons. The molecule has 2 aromatic rings. The second-order valence-corrected chi connectivity index (χ2v) is 4.93. The van der Waals surface area contributed by atoms with E-state index >= 15 is 0 Å². The SMILES string of the molecule is NCCc1cccn2c(C3CCCC3)ncc12. The van der Waals surface area contributed by atoms with Gasteiger partial charge in [0.1, 0.15) is 5.82 Å². The van der Waals surface area contributed by atoms with E-state index < -0.39 is 0 Å². The average molecular weight is 229 g/mol. The molecule has 0 amide bonds. The molecule has 3 rings (SSSR count). The van der Waals surface area contributed by atoms with E-state index in [1.54, 1.807) is 0 Å². The molecule has 0 aliphatic heterocycles. The number of nitrogens with two attached hydrogens (primary N) is 1. The smallest absolute Gasteiger partial charge is 0.116 e. The van der Waals surface area contributed by atoms with Crippen molar-refractivity contribution in [2.45, 2.75) is 38.0 Å². The number of nitrogens with zero attached hydrogens (tertiary/aromatic N) is 2. The maximum Gasteiger partial charge on any atom is 0.116 e. The van der Waals surface area contributed by atoms with Gasteiger partial charge in [0.05, 0.1) is 11.7 Å². The molecule has 2 N–H and O–H groups in total. The minimum absolute atomic E-state index is 0.658. The van der Waals surface area contributed by atoms with Gasteiger partial charge in [-0.3, -0.25) is 0 Å². The third-order valence-electron chi connectivity index (χ3n) is 3.82. The molecule has 1 saturated carbocycles. The van der Waals surface area contributed by atoms with Crippen LogP contribution in [0.5, 0.6) is 0 Å². The van der Waals surface area contributed by atoms with Crippen LogP contribution in [0.4, 0.5) is 0 Å². The van der Waals surface area contributed by atoms with Gasteiger partial charge in [0.15, 0.2) is 0 Å². The summed E-state index contributed by atoms with van der Waals surface area (Å²) in [7, 11) is 0. The molecule has 3 heteroatoms. The van der Waals surface area contributed by atoms with Crippen molar-refractivity contribution in [3.05, 3.63) is 35.9 Å². The molecule has 17 heavy (non-hydrogen) atoms. The number of fused-ring (bicyclic) bond motifs is 1. The Morgan fingerprint density at radius 2 is 2.18 bits per heavy atom. The van der Waals surface area contributed by atoms with Crippen molar-refractivity contribution in [1.29, 1.82) is 0 Å². The summed E-state index contributed by atoms with van der Waals surface area (Å²) < 4.78 is 2.26. The van der Waals surface area contributed by atoms with Crippen LogP contribution in [0.1, 0.15) is 43.0 Å². The quantitative estimate of drug-likeness (QED) is 0.878. The van der Waals surface area contributed by atoms with Crippen molar-refractivity contribution in [1.82, 2.24) is 9.38 Å². The number of aromatic nitrogens is 2.